The lowest BCUT2D eigenvalue weighted by Gasteiger charge is -1.94. The van der Waals surface area contributed by atoms with Gasteiger partial charge in [-0.1, -0.05) is 0 Å². The average Bonchev–Trinajstić information content (AvgIpc) is 2.14. The Morgan fingerprint density at radius 2 is 2.50 bits per heavy atom. The number of aldehydes is 1. The maximum Gasteiger partial charge on any atom is 0.125 e. The molecule has 2 atom stereocenters. The maximum atomic E-state index is 10.1. The molecule has 0 aromatic carbocycles. The third-order valence-corrected chi connectivity index (χ3v) is 1.42. The molecule has 1 aliphatic rings. The normalized spacial score (nSPS) is 37.6. The Labute approximate surface area is 48.8 Å². The summed E-state index contributed by atoms with van der Waals surface area (Å²) < 4.78 is 5.13. The highest BCUT2D eigenvalue weighted by molar-refractivity contribution is 5.54. The van der Waals surface area contributed by atoms with Crippen molar-refractivity contribution in [2.75, 3.05) is 6.61 Å². The van der Waals surface area contributed by atoms with Crippen LogP contribution in [0.1, 0.15) is 13.3 Å². The Hall–Kier alpha value is -0.370. The van der Waals surface area contributed by atoms with Gasteiger partial charge in [-0.25, -0.2) is 0 Å². The first-order chi connectivity index (χ1) is 3.83. The first-order valence-electron chi connectivity index (χ1n) is 2.90. The van der Waals surface area contributed by atoms with Crippen molar-refractivity contribution in [2.45, 2.75) is 19.4 Å². The molecule has 1 rings (SSSR count). The van der Waals surface area contributed by atoms with Gasteiger partial charge in [0.05, 0.1) is 12.7 Å². The molecule has 0 radical (unpaired) electrons. The molecule has 2 heteroatoms. The number of hydrogen-bond donors (Lipinski definition) is 0. The molecule has 1 heterocycles. The summed E-state index contributed by atoms with van der Waals surface area (Å²) in [6, 6.07) is 0. The van der Waals surface area contributed by atoms with Gasteiger partial charge in [-0.15, -0.1) is 0 Å². The zero-order valence-electron chi connectivity index (χ0n) is 4.96. The van der Waals surface area contributed by atoms with Crippen molar-refractivity contribution in [1.82, 2.24) is 0 Å². The minimum Gasteiger partial charge on any atom is -0.378 e. The number of carbonyl (C=O) groups is 1. The van der Waals surface area contributed by atoms with E-state index in [0.29, 0.717) is 12.7 Å². The minimum atomic E-state index is 0.171. The summed E-state index contributed by atoms with van der Waals surface area (Å²) in [6.45, 7) is 2.62. The Kier molecular flexibility index (Phi) is 1.63. The van der Waals surface area contributed by atoms with Gasteiger partial charge < -0.3 is 9.53 Å². The Bertz CT molecular complexity index is 90.5. The molecule has 1 saturated heterocycles. The van der Waals surface area contributed by atoms with Crippen LogP contribution in [0.25, 0.3) is 0 Å². The molecule has 0 aromatic rings. The van der Waals surface area contributed by atoms with E-state index in [1.807, 2.05) is 6.92 Å². The van der Waals surface area contributed by atoms with Crippen molar-refractivity contribution in [3.05, 3.63) is 0 Å². The minimum absolute atomic E-state index is 0.171. The predicted molar refractivity (Wildman–Crippen MR) is 29.6 cm³/mol. The van der Waals surface area contributed by atoms with Crippen LogP contribution in [0.15, 0.2) is 0 Å². The van der Waals surface area contributed by atoms with E-state index in [9.17, 15) is 4.79 Å². The lowest BCUT2D eigenvalue weighted by molar-refractivity contribution is -0.111. The van der Waals surface area contributed by atoms with E-state index in [2.05, 4.69) is 0 Å². The largest absolute Gasteiger partial charge is 0.378 e. The molecule has 0 saturated carbocycles. The monoisotopic (exact) mass is 114 g/mol. The summed E-state index contributed by atoms with van der Waals surface area (Å²) in [7, 11) is 0. The van der Waals surface area contributed by atoms with Crippen molar-refractivity contribution in [3.8, 4) is 0 Å². The van der Waals surface area contributed by atoms with Crippen LogP contribution in [0.5, 0.6) is 0 Å². The quantitative estimate of drug-likeness (QED) is 0.467. The highest BCUT2D eigenvalue weighted by Crippen LogP contribution is 2.15. The second-order valence-electron chi connectivity index (χ2n) is 2.28. The highest BCUT2D eigenvalue weighted by Gasteiger charge is 2.20. The second kappa shape index (κ2) is 2.27. The van der Waals surface area contributed by atoms with Crippen LogP contribution in [0.4, 0.5) is 0 Å². The molecule has 1 aliphatic heterocycles. The van der Waals surface area contributed by atoms with E-state index in [4.69, 9.17) is 4.74 Å². The van der Waals surface area contributed by atoms with Crippen molar-refractivity contribution in [3.63, 3.8) is 0 Å². The van der Waals surface area contributed by atoms with E-state index in [1.54, 1.807) is 0 Å². The molecule has 2 unspecified atom stereocenters. The van der Waals surface area contributed by atoms with E-state index >= 15 is 0 Å². The molecule has 0 N–H and O–H groups in total. The molecular weight excluding hydrogens is 104 g/mol. The topological polar surface area (TPSA) is 26.3 Å². The molecule has 0 aromatic heterocycles. The first-order valence-corrected chi connectivity index (χ1v) is 2.90. The van der Waals surface area contributed by atoms with E-state index < -0.39 is 0 Å². The van der Waals surface area contributed by atoms with Gasteiger partial charge in [0, 0.05) is 5.92 Å². The molecule has 2 nitrogen and oxygen atoms in total. The molecule has 0 aliphatic carbocycles. The molecule has 46 valence electrons. The Balaban J connectivity index is 2.32. The Morgan fingerprint density at radius 3 is 2.75 bits per heavy atom. The van der Waals surface area contributed by atoms with E-state index in [-0.39, 0.29) is 5.92 Å². The second-order valence-corrected chi connectivity index (χ2v) is 2.28. The molecule has 1 fully saturated rings. The van der Waals surface area contributed by atoms with Gasteiger partial charge in [0.15, 0.2) is 0 Å². The zero-order chi connectivity index (χ0) is 5.98. The molecular formula is C6H10O2. The van der Waals surface area contributed by atoms with E-state index in [1.165, 1.54) is 0 Å². The fraction of sp³-hybridized carbons (Fsp3) is 0.833. The lowest BCUT2D eigenvalue weighted by Crippen LogP contribution is -1.99. The van der Waals surface area contributed by atoms with Crippen LogP contribution in [0, 0.1) is 5.92 Å². The number of hydrogen-bond acceptors (Lipinski definition) is 2. The average molecular weight is 114 g/mol. The van der Waals surface area contributed by atoms with Crippen molar-refractivity contribution in [2.24, 2.45) is 5.92 Å². The molecule has 8 heavy (non-hydrogen) atoms. The van der Waals surface area contributed by atoms with Gasteiger partial charge in [0.1, 0.15) is 6.29 Å². The summed E-state index contributed by atoms with van der Waals surface area (Å²) in [5, 5.41) is 0. The van der Waals surface area contributed by atoms with Crippen molar-refractivity contribution >= 4 is 6.29 Å². The lowest BCUT2D eigenvalue weighted by atomic mass is 10.1. The van der Waals surface area contributed by atoms with Crippen molar-refractivity contribution < 1.29 is 9.53 Å². The maximum absolute atomic E-state index is 10.1. The smallest absolute Gasteiger partial charge is 0.125 e. The van der Waals surface area contributed by atoms with Gasteiger partial charge in [0.2, 0.25) is 0 Å². The third-order valence-electron chi connectivity index (χ3n) is 1.42. The third kappa shape index (κ3) is 1.07. The summed E-state index contributed by atoms with van der Waals surface area (Å²) in [5.74, 6) is 0.171. The fourth-order valence-electron chi connectivity index (χ4n) is 0.945. The molecule has 0 bridgehead atoms. The molecule has 0 amide bonds. The van der Waals surface area contributed by atoms with Crippen molar-refractivity contribution in [1.29, 1.82) is 0 Å². The van der Waals surface area contributed by atoms with Crippen LogP contribution >= 0.6 is 0 Å². The number of ether oxygens (including phenoxy) is 1. The first kappa shape index (κ1) is 5.76. The van der Waals surface area contributed by atoms with Gasteiger partial charge in [-0.3, -0.25) is 0 Å². The van der Waals surface area contributed by atoms with E-state index in [0.717, 1.165) is 12.7 Å². The van der Waals surface area contributed by atoms with Gasteiger partial charge >= 0.3 is 0 Å². The zero-order valence-corrected chi connectivity index (χ0v) is 4.96. The number of carbonyl (C=O) groups excluding carboxylic acids is 1. The van der Waals surface area contributed by atoms with Crippen LogP contribution in [0.2, 0.25) is 0 Å². The van der Waals surface area contributed by atoms with Gasteiger partial charge in [0.25, 0.3) is 0 Å². The molecule has 0 spiro atoms. The highest BCUT2D eigenvalue weighted by atomic mass is 16.5. The summed E-state index contributed by atoms with van der Waals surface area (Å²) in [6.07, 6.45) is 2.18. The standard InChI is InChI=1S/C6H10O2/c1-5-2-6(3-7)4-8-5/h3,5-6H,2,4H2,1H3. The summed E-state index contributed by atoms with van der Waals surface area (Å²) in [4.78, 5) is 10.1. The predicted octanol–water partition coefficient (Wildman–Crippen LogP) is 0.610. The number of rotatable bonds is 1. The van der Waals surface area contributed by atoms with Crippen LogP contribution in [-0.2, 0) is 9.53 Å². The SMILES string of the molecule is CC1CC(C=O)CO1. The Morgan fingerprint density at radius 1 is 1.75 bits per heavy atom. The van der Waals surface area contributed by atoms with Gasteiger partial charge in [-0.2, -0.15) is 0 Å². The summed E-state index contributed by atoms with van der Waals surface area (Å²) in [5.41, 5.74) is 0. The van der Waals surface area contributed by atoms with Crippen LogP contribution in [-0.4, -0.2) is 19.0 Å². The summed E-state index contributed by atoms with van der Waals surface area (Å²) >= 11 is 0. The van der Waals surface area contributed by atoms with Gasteiger partial charge in [-0.05, 0) is 13.3 Å². The fourth-order valence-corrected chi connectivity index (χ4v) is 0.945. The van der Waals surface area contributed by atoms with Crippen LogP contribution < -0.4 is 0 Å². The van der Waals surface area contributed by atoms with Crippen LogP contribution in [0.3, 0.4) is 0 Å².